The van der Waals surface area contributed by atoms with Gasteiger partial charge in [-0.3, -0.25) is 25.7 Å². The Bertz CT molecular complexity index is 1060. The molecule has 0 aliphatic carbocycles. The standard InChI is InChI=1S/C30H43ClN4O4/c1-2-3-4-5-6-7-8-9-10-11-12-13-14-15-16-21-28(26-19-17-18-20-27(26)31)32-33-29-23-22-25(34(36)37)24-30(29)35(38)39/h17-20,22-24,33H,2-16,21H2,1H3. The predicted molar refractivity (Wildman–Crippen MR) is 161 cm³/mol. The molecule has 0 aliphatic heterocycles. The fourth-order valence-corrected chi connectivity index (χ4v) is 4.86. The first-order chi connectivity index (χ1) is 18.9. The minimum absolute atomic E-state index is 0.0895. The van der Waals surface area contributed by atoms with E-state index in [0.717, 1.165) is 30.9 Å². The number of nitrogens with one attached hydrogen (secondary N) is 1. The maximum Gasteiger partial charge on any atom is 0.301 e. The van der Waals surface area contributed by atoms with E-state index in [9.17, 15) is 20.2 Å². The van der Waals surface area contributed by atoms with E-state index in [-0.39, 0.29) is 11.4 Å². The van der Waals surface area contributed by atoms with Crippen LogP contribution in [-0.4, -0.2) is 15.6 Å². The van der Waals surface area contributed by atoms with Crippen molar-refractivity contribution in [3.63, 3.8) is 0 Å². The first-order valence-electron chi connectivity index (χ1n) is 14.4. The number of hydrogen-bond donors (Lipinski definition) is 1. The van der Waals surface area contributed by atoms with Crippen LogP contribution in [0.1, 0.15) is 115 Å². The highest BCUT2D eigenvalue weighted by molar-refractivity contribution is 6.34. The Kier molecular flexibility index (Phi) is 15.8. The van der Waals surface area contributed by atoms with Crippen molar-refractivity contribution in [2.75, 3.05) is 5.43 Å². The van der Waals surface area contributed by atoms with Gasteiger partial charge in [-0.15, -0.1) is 0 Å². The van der Waals surface area contributed by atoms with Crippen molar-refractivity contribution in [3.8, 4) is 0 Å². The van der Waals surface area contributed by atoms with Gasteiger partial charge in [-0.05, 0) is 25.0 Å². The Morgan fingerprint density at radius 1 is 0.769 bits per heavy atom. The van der Waals surface area contributed by atoms with Crippen molar-refractivity contribution in [1.82, 2.24) is 0 Å². The van der Waals surface area contributed by atoms with E-state index in [1.54, 1.807) is 6.07 Å². The monoisotopic (exact) mass is 558 g/mol. The van der Waals surface area contributed by atoms with E-state index in [4.69, 9.17) is 11.6 Å². The molecular weight excluding hydrogens is 516 g/mol. The van der Waals surface area contributed by atoms with Gasteiger partial charge in [0.15, 0.2) is 0 Å². The number of unbranched alkanes of at least 4 members (excludes halogenated alkanes) is 14. The molecule has 8 nitrogen and oxygen atoms in total. The summed E-state index contributed by atoms with van der Waals surface area (Å²) < 4.78 is 0. The summed E-state index contributed by atoms with van der Waals surface area (Å²) in [6.45, 7) is 2.26. The lowest BCUT2D eigenvalue weighted by Gasteiger charge is -2.10. The number of rotatable bonds is 21. The number of nitro benzene ring substituents is 2. The van der Waals surface area contributed by atoms with E-state index in [1.165, 1.54) is 89.2 Å². The van der Waals surface area contributed by atoms with Crippen LogP contribution in [0, 0.1) is 20.2 Å². The summed E-state index contributed by atoms with van der Waals surface area (Å²) in [7, 11) is 0. The lowest BCUT2D eigenvalue weighted by molar-refractivity contribution is -0.393. The minimum Gasteiger partial charge on any atom is -0.271 e. The molecule has 1 N–H and O–H groups in total. The molecule has 0 spiro atoms. The second kappa shape index (κ2) is 19.1. The molecule has 0 fully saturated rings. The average Bonchev–Trinajstić information content (AvgIpc) is 2.92. The van der Waals surface area contributed by atoms with Crippen molar-refractivity contribution < 1.29 is 9.85 Å². The molecule has 0 amide bonds. The highest BCUT2D eigenvalue weighted by Gasteiger charge is 2.19. The van der Waals surface area contributed by atoms with Crippen LogP contribution < -0.4 is 5.43 Å². The first kappa shape index (κ1) is 32.2. The van der Waals surface area contributed by atoms with Gasteiger partial charge in [0.05, 0.1) is 21.6 Å². The number of halogens is 1. The van der Waals surface area contributed by atoms with Crippen LogP contribution in [0.25, 0.3) is 0 Å². The van der Waals surface area contributed by atoms with Gasteiger partial charge in [0.25, 0.3) is 5.69 Å². The molecule has 214 valence electrons. The van der Waals surface area contributed by atoms with Crippen LogP contribution in [0.2, 0.25) is 5.02 Å². The van der Waals surface area contributed by atoms with Crippen molar-refractivity contribution in [3.05, 3.63) is 73.3 Å². The largest absolute Gasteiger partial charge is 0.301 e. The zero-order valence-electron chi connectivity index (χ0n) is 23.2. The van der Waals surface area contributed by atoms with Gasteiger partial charge >= 0.3 is 5.69 Å². The van der Waals surface area contributed by atoms with Crippen molar-refractivity contribution >= 4 is 34.4 Å². The predicted octanol–water partition coefficient (Wildman–Crippen LogP) is 10.2. The Labute approximate surface area is 237 Å². The van der Waals surface area contributed by atoms with Crippen LogP contribution in [-0.2, 0) is 0 Å². The van der Waals surface area contributed by atoms with Gasteiger partial charge in [-0.1, -0.05) is 127 Å². The summed E-state index contributed by atoms with van der Waals surface area (Å²) in [6.07, 6.45) is 19.9. The lowest BCUT2D eigenvalue weighted by Crippen LogP contribution is -2.07. The van der Waals surface area contributed by atoms with E-state index in [1.807, 2.05) is 18.2 Å². The summed E-state index contributed by atoms with van der Waals surface area (Å²) in [5.74, 6) is 0. The van der Waals surface area contributed by atoms with Crippen LogP contribution in [0.4, 0.5) is 17.1 Å². The number of non-ortho nitro benzene ring substituents is 1. The normalized spacial score (nSPS) is 11.5. The highest BCUT2D eigenvalue weighted by Crippen LogP contribution is 2.29. The number of benzene rings is 2. The first-order valence-corrected chi connectivity index (χ1v) is 14.8. The molecule has 0 atom stereocenters. The summed E-state index contributed by atoms with van der Waals surface area (Å²) in [6, 6.07) is 10.8. The fourth-order valence-electron chi connectivity index (χ4n) is 4.62. The molecule has 2 rings (SSSR count). The highest BCUT2D eigenvalue weighted by atomic mass is 35.5. The maximum absolute atomic E-state index is 11.5. The maximum atomic E-state index is 11.5. The van der Waals surface area contributed by atoms with E-state index >= 15 is 0 Å². The molecule has 0 aliphatic rings. The molecule has 0 unspecified atom stereocenters. The molecule has 0 bridgehead atoms. The second-order valence-corrected chi connectivity index (χ2v) is 10.5. The Hall–Kier alpha value is -3.00. The molecule has 2 aromatic carbocycles. The second-order valence-electron chi connectivity index (χ2n) is 10.1. The van der Waals surface area contributed by atoms with E-state index < -0.39 is 15.5 Å². The topological polar surface area (TPSA) is 111 Å². The number of hydrogen-bond acceptors (Lipinski definition) is 6. The lowest BCUT2D eigenvalue weighted by atomic mass is 10.0. The third-order valence-electron chi connectivity index (χ3n) is 6.90. The quantitative estimate of drug-likeness (QED) is 0.0708. The summed E-state index contributed by atoms with van der Waals surface area (Å²) in [5.41, 5.74) is 3.55. The van der Waals surface area contributed by atoms with Crippen LogP contribution >= 0.6 is 11.6 Å². The third kappa shape index (κ3) is 12.6. The van der Waals surface area contributed by atoms with Gasteiger partial charge in [-0.2, -0.15) is 5.10 Å². The Morgan fingerprint density at radius 2 is 1.31 bits per heavy atom. The number of hydrazone groups is 1. The van der Waals surface area contributed by atoms with Crippen molar-refractivity contribution in [1.29, 1.82) is 0 Å². The molecule has 0 radical (unpaired) electrons. The zero-order chi connectivity index (χ0) is 28.3. The van der Waals surface area contributed by atoms with Crippen molar-refractivity contribution in [2.45, 2.75) is 110 Å². The summed E-state index contributed by atoms with van der Waals surface area (Å²) >= 11 is 6.42. The number of nitro groups is 2. The molecule has 0 saturated carbocycles. The fraction of sp³-hybridized carbons (Fsp3) is 0.567. The molecular formula is C30H43ClN4O4. The third-order valence-corrected chi connectivity index (χ3v) is 7.23. The molecule has 0 heterocycles. The van der Waals surface area contributed by atoms with Gasteiger partial charge in [-0.25, -0.2) is 0 Å². The Balaban J connectivity index is 1.79. The number of nitrogens with zero attached hydrogens (tertiary/aromatic N) is 3. The van der Waals surface area contributed by atoms with Gasteiger partial charge in [0, 0.05) is 16.7 Å². The molecule has 0 saturated heterocycles. The van der Waals surface area contributed by atoms with Gasteiger partial charge in [0.2, 0.25) is 0 Å². The van der Waals surface area contributed by atoms with E-state index in [2.05, 4.69) is 17.5 Å². The molecule has 9 heteroatoms. The average molecular weight is 559 g/mol. The SMILES string of the molecule is CCCCCCCCCCCCCCCCCC(=NNc1ccc([N+](=O)[O-])cc1[N+](=O)[O-])c1ccccc1Cl. The molecule has 2 aromatic rings. The smallest absolute Gasteiger partial charge is 0.271 e. The number of anilines is 1. The van der Waals surface area contributed by atoms with Crippen LogP contribution in [0.3, 0.4) is 0 Å². The minimum atomic E-state index is -0.661. The zero-order valence-corrected chi connectivity index (χ0v) is 24.0. The van der Waals surface area contributed by atoms with Crippen molar-refractivity contribution in [2.24, 2.45) is 5.10 Å². The van der Waals surface area contributed by atoms with Crippen LogP contribution in [0.5, 0.6) is 0 Å². The van der Waals surface area contributed by atoms with Crippen LogP contribution in [0.15, 0.2) is 47.6 Å². The summed E-state index contributed by atoms with van der Waals surface area (Å²) in [5, 5.41) is 27.5. The van der Waals surface area contributed by atoms with Gasteiger partial charge < -0.3 is 0 Å². The molecule has 39 heavy (non-hydrogen) atoms. The summed E-state index contributed by atoms with van der Waals surface area (Å²) in [4.78, 5) is 21.2. The Morgan fingerprint density at radius 3 is 1.82 bits per heavy atom. The van der Waals surface area contributed by atoms with Gasteiger partial charge in [0.1, 0.15) is 5.69 Å². The molecule has 0 aromatic heterocycles. The van der Waals surface area contributed by atoms with E-state index in [0.29, 0.717) is 17.2 Å².